The molecule has 0 heterocycles. The topological polar surface area (TPSA) is 66.4 Å². The van der Waals surface area contributed by atoms with E-state index in [1.807, 2.05) is 13.8 Å². The molecule has 4 nitrogen and oxygen atoms in total. The highest BCUT2D eigenvalue weighted by atomic mass is 16.4. The Kier molecular flexibility index (Phi) is 4.97. The van der Waals surface area contributed by atoms with Gasteiger partial charge < -0.3 is 10.4 Å². The van der Waals surface area contributed by atoms with Crippen LogP contribution in [0.1, 0.15) is 58.8 Å². The second-order valence-electron chi connectivity index (χ2n) is 5.20. The average molecular weight is 241 g/mol. The third-order valence-corrected chi connectivity index (χ3v) is 3.78. The first kappa shape index (κ1) is 14.0. The fourth-order valence-electron chi connectivity index (χ4n) is 2.43. The molecule has 0 saturated heterocycles. The fraction of sp³-hybridized carbons (Fsp3) is 0.846. The average Bonchev–Trinajstić information content (AvgIpc) is 2.29. The third kappa shape index (κ3) is 3.72. The molecule has 0 aromatic carbocycles. The van der Waals surface area contributed by atoms with Crippen molar-refractivity contribution in [3.05, 3.63) is 0 Å². The van der Waals surface area contributed by atoms with Crippen molar-refractivity contribution in [1.29, 1.82) is 0 Å². The zero-order valence-electron chi connectivity index (χ0n) is 10.8. The van der Waals surface area contributed by atoms with Crippen molar-refractivity contribution < 1.29 is 14.7 Å². The van der Waals surface area contributed by atoms with E-state index in [0.717, 1.165) is 25.7 Å². The summed E-state index contributed by atoms with van der Waals surface area (Å²) in [6.07, 6.45) is 5.19. The highest BCUT2D eigenvalue weighted by Crippen LogP contribution is 2.39. The number of amides is 1. The number of hydrogen-bond donors (Lipinski definition) is 2. The van der Waals surface area contributed by atoms with Crippen LogP contribution in [0.5, 0.6) is 0 Å². The van der Waals surface area contributed by atoms with Crippen LogP contribution in [0.3, 0.4) is 0 Å². The van der Waals surface area contributed by atoms with Gasteiger partial charge in [-0.1, -0.05) is 26.2 Å². The van der Waals surface area contributed by atoms with Crippen molar-refractivity contribution in [2.45, 2.75) is 64.8 Å². The Bertz CT molecular complexity index is 282. The van der Waals surface area contributed by atoms with Crippen LogP contribution in [0.2, 0.25) is 0 Å². The molecule has 1 aliphatic rings. The van der Waals surface area contributed by atoms with E-state index in [-0.39, 0.29) is 18.4 Å². The smallest absolute Gasteiger partial charge is 0.310 e. The number of nitrogens with one attached hydrogen (secondary N) is 1. The van der Waals surface area contributed by atoms with Gasteiger partial charge in [-0.3, -0.25) is 9.59 Å². The maximum Gasteiger partial charge on any atom is 0.310 e. The van der Waals surface area contributed by atoms with Gasteiger partial charge in [-0.15, -0.1) is 0 Å². The molecule has 1 aliphatic carbocycles. The Labute approximate surface area is 103 Å². The number of carboxylic acids is 1. The van der Waals surface area contributed by atoms with E-state index in [0.29, 0.717) is 12.8 Å². The van der Waals surface area contributed by atoms with Gasteiger partial charge in [0, 0.05) is 12.5 Å². The van der Waals surface area contributed by atoms with Gasteiger partial charge in [0.25, 0.3) is 0 Å². The number of hydrogen-bond acceptors (Lipinski definition) is 2. The van der Waals surface area contributed by atoms with Gasteiger partial charge in [0.2, 0.25) is 5.91 Å². The van der Waals surface area contributed by atoms with Crippen molar-refractivity contribution in [2.24, 2.45) is 5.41 Å². The molecule has 0 spiro atoms. The number of carbonyl (C=O) groups excluding carboxylic acids is 1. The minimum atomic E-state index is -0.810. The molecule has 1 unspecified atom stereocenters. The summed E-state index contributed by atoms with van der Waals surface area (Å²) < 4.78 is 0. The molecule has 17 heavy (non-hydrogen) atoms. The molecule has 1 saturated carbocycles. The summed E-state index contributed by atoms with van der Waals surface area (Å²) in [5.41, 5.74) is -0.810. The van der Waals surface area contributed by atoms with Gasteiger partial charge in [-0.2, -0.15) is 0 Å². The summed E-state index contributed by atoms with van der Waals surface area (Å²) in [6.45, 7) is 3.94. The molecular weight excluding hydrogens is 218 g/mol. The number of carboxylic acid groups (broad SMARTS) is 1. The number of rotatable bonds is 5. The first-order valence-electron chi connectivity index (χ1n) is 6.53. The van der Waals surface area contributed by atoms with Crippen molar-refractivity contribution in [2.75, 3.05) is 0 Å². The van der Waals surface area contributed by atoms with Gasteiger partial charge in [0.15, 0.2) is 0 Å². The van der Waals surface area contributed by atoms with Crippen LogP contribution in [0.4, 0.5) is 0 Å². The Morgan fingerprint density at radius 1 is 1.29 bits per heavy atom. The lowest BCUT2D eigenvalue weighted by atomic mass is 9.71. The highest BCUT2D eigenvalue weighted by molar-refractivity contribution is 5.85. The monoisotopic (exact) mass is 241 g/mol. The summed E-state index contributed by atoms with van der Waals surface area (Å²) in [6, 6.07) is 0.122. The summed E-state index contributed by atoms with van der Waals surface area (Å²) in [4.78, 5) is 23.2. The van der Waals surface area contributed by atoms with Crippen LogP contribution in [-0.4, -0.2) is 23.0 Å². The summed E-state index contributed by atoms with van der Waals surface area (Å²) in [5, 5.41) is 12.2. The van der Waals surface area contributed by atoms with Gasteiger partial charge in [-0.05, 0) is 26.2 Å². The summed E-state index contributed by atoms with van der Waals surface area (Å²) in [7, 11) is 0. The van der Waals surface area contributed by atoms with E-state index < -0.39 is 11.4 Å². The minimum absolute atomic E-state index is 0.122. The lowest BCUT2D eigenvalue weighted by Gasteiger charge is -2.32. The first-order valence-corrected chi connectivity index (χ1v) is 6.53. The Morgan fingerprint density at radius 3 is 2.35 bits per heavy atom. The van der Waals surface area contributed by atoms with E-state index in [4.69, 9.17) is 0 Å². The third-order valence-electron chi connectivity index (χ3n) is 3.78. The molecule has 0 radical (unpaired) electrons. The van der Waals surface area contributed by atoms with Crippen LogP contribution in [-0.2, 0) is 9.59 Å². The van der Waals surface area contributed by atoms with E-state index in [1.165, 1.54) is 0 Å². The van der Waals surface area contributed by atoms with Crippen LogP contribution in [0.25, 0.3) is 0 Å². The molecule has 1 amide bonds. The van der Waals surface area contributed by atoms with Crippen LogP contribution < -0.4 is 5.32 Å². The Hall–Kier alpha value is -1.06. The molecule has 1 atom stereocenters. The minimum Gasteiger partial charge on any atom is -0.481 e. The van der Waals surface area contributed by atoms with Crippen molar-refractivity contribution >= 4 is 11.9 Å². The Morgan fingerprint density at radius 2 is 1.88 bits per heavy atom. The first-order chi connectivity index (χ1) is 8.00. The molecule has 0 aromatic heterocycles. The predicted octanol–water partition coefficient (Wildman–Crippen LogP) is 2.33. The molecule has 0 aromatic rings. The van der Waals surface area contributed by atoms with Crippen LogP contribution in [0, 0.1) is 5.41 Å². The van der Waals surface area contributed by atoms with E-state index in [9.17, 15) is 14.7 Å². The highest BCUT2D eigenvalue weighted by Gasteiger charge is 2.41. The molecule has 4 heteroatoms. The van der Waals surface area contributed by atoms with E-state index in [1.54, 1.807) is 0 Å². The zero-order valence-corrected chi connectivity index (χ0v) is 10.8. The second-order valence-corrected chi connectivity index (χ2v) is 5.20. The SMILES string of the molecule is CCC(C)NC(=O)CC1(C(=O)O)CCCCC1. The van der Waals surface area contributed by atoms with Gasteiger partial charge in [-0.25, -0.2) is 0 Å². The predicted molar refractivity (Wildman–Crippen MR) is 65.7 cm³/mol. The molecule has 0 bridgehead atoms. The number of aliphatic carboxylic acids is 1. The normalized spacial score (nSPS) is 20.6. The Balaban J connectivity index is 2.60. The molecule has 0 aliphatic heterocycles. The van der Waals surface area contributed by atoms with Gasteiger partial charge >= 0.3 is 5.97 Å². The second kappa shape index (κ2) is 6.03. The van der Waals surface area contributed by atoms with E-state index in [2.05, 4.69) is 5.32 Å². The molecule has 2 N–H and O–H groups in total. The largest absolute Gasteiger partial charge is 0.481 e. The number of carbonyl (C=O) groups is 2. The lowest BCUT2D eigenvalue weighted by molar-refractivity contribution is -0.154. The maximum absolute atomic E-state index is 11.8. The van der Waals surface area contributed by atoms with Crippen LogP contribution >= 0.6 is 0 Å². The molecular formula is C13H23NO3. The summed E-state index contributed by atoms with van der Waals surface area (Å²) >= 11 is 0. The molecule has 1 rings (SSSR count). The van der Waals surface area contributed by atoms with Crippen molar-refractivity contribution in [3.63, 3.8) is 0 Å². The fourth-order valence-corrected chi connectivity index (χ4v) is 2.43. The van der Waals surface area contributed by atoms with Gasteiger partial charge in [0.1, 0.15) is 0 Å². The van der Waals surface area contributed by atoms with E-state index >= 15 is 0 Å². The van der Waals surface area contributed by atoms with Crippen molar-refractivity contribution in [3.8, 4) is 0 Å². The maximum atomic E-state index is 11.8. The zero-order chi connectivity index (χ0) is 12.9. The standard InChI is InChI=1S/C13H23NO3/c1-3-10(2)14-11(15)9-13(12(16)17)7-5-4-6-8-13/h10H,3-9H2,1-2H3,(H,14,15)(H,16,17). The summed E-state index contributed by atoms with van der Waals surface area (Å²) in [5.74, 6) is -0.930. The molecule has 1 fully saturated rings. The lowest BCUT2D eigenvalue weighted by Crippen LogP contribution is -2.41. The van der Waals surface area contributed by atoms with Crippen molar-refractivity contribution in [1.82, 2.24) is 5.32 Å². The van der Waals surface area contributed by atoms with Gasteiger partial charge in [0.05, 0.1) is 5.41 Å². The van der Waals surface area contributed by atoms with Crippen LogP contribution in [0.15, 0.2) is 0 Å². The quantitative estimate of drug-likeness (QED) is 0.776. The molecule has 98 valence electrons.